The highest BCUT2D eigenvalue weighted by Crippen LogP contribution is 2.36. The highest BCUT2D eigenvalue weighted by molar-refractivity contribution is 5.29. The van der Waals surface area contributed by atoms with Crippen molar-refractivity contribution in [1.82, 2.24) is 10.2 Å². The van der Waals surface area contributed by atoms with Crippen LogP contribution in [-0.2, 0) is 9.47 Å². The lowest BCUT2D eigenvalue weighted by molar-refractivity contribution is -0.173. The van der Waals surface area contributed by atoms with Crippen LogP contribution in [0.25, 0.3) is 0 Å². The summed E-state index contributed by atoms with van der Waals surface area (Å²) >= 11 is 0. The first kappa shape index (κ1) is 31.5. The first-order valence-corrected chi connectivity index (χ1v) is 13.6. The SMILES string of the molecule is C/C=C(/CCN(C)[C@H]1C[C@@H](C)O[C@@H](O)C1)NC(CC)(CC)C[C@H](CF)[C@H](OC)c1ccc(OCF)cc1. The number of hydrogen-bond donors (Lipinski definition) is 2. The third-order valence-corrected chi connectivity index (χ3v) is 7.92. The molecule has 1 heterocycles. The minimum absolute atomic E-state index is 0.0436. The zero-order valence-electron chi connectivity index (χ0n) is 23.5. The van der Waals surface area contributed by atoms with Crippen molar-refractivity contribution in [2.45, 2.75) is 96.3 Å². The van der Waals surface area contributed by atoms with Gasteiger partial charge in [0.1, 0.15) is 5.75 Å². The van der Waals surface area contributed by atoms with Gasteiger partial charge in [0, 0.05) is 43.3 Å². The molecule has 0 aromatic heterocycles. The summed E-state index contributed by atoms with van der Waals surface area (Å²) in [6, 6.07) is 7.29. The number of methoxy groups -OCH3 is 1. The first-order valence-electron chi connectivity index (χ1n) is 13.6. The van der Waals surface area contributed by atoms with Crippen molar-refractivity contribution in [1.29, 1.82) is 0 Å². The van der Waals surface area contributed by atoms with Gasteiger partial charge in [-0.3, -0.25) is 4.39 Å². The predicted octanol–water partition coefficient (Wildman–Crippen LogP) is 5.92. The summed E-state index contributed by atoms with van der Waals surface area (Å²) in [6.45, 7) is 7.76. The fourth-order valence-corrected chi connectivity index (χ4v) is 5.48. The van der Waals surface area contributed by atoms with Gasteiger partial charge in [-0.15, -0.1) is 0 Å². The molecule has 2 N–H and O–H groups in total. The molecule has 1 fully saturated rings. The third-order valence-electron chi connectivity index (χ3n) is 7.92. The standard InChI is InChI=1S/C29H48F2N2O4/c1-7-24(14-15-33(5)25-16-21(4)37-27(34)17-25)32-29(8-2,9-3)18-23(19-30)28(35-6)22-10-12-26(13-11-22)36-20-31/h7,10-13,21,23,25,27-28,32,34H,8-9,14-20H2,1-6H3/b24-7-/t21-,23-,25+,27-,28-/m1/s1. The maximum atomic E-state index is 14.5. The van der Waals surface area contributed by atoms with Crippen LogP contribution >= 0.6 is 0 Å². The first-order chi connectivity index (χ1) is 17.7. The Morgan fingerprint density at radius 2 is 1.92 bits per heavy atom. The van der Waals surface area contributed by atoms with E-state index in [1.165, 1.54) is 0 Å². The van der Waals surface area contributed by atoms with Gasteiger partial charge in [0.2, 0.25) is 6.86 Å². The molecule has 8 heteroatoms. The van der Waals surface area contributed by atoms with Crippen LogP contribution in [0.4, 0.5) is 8.78 Å². The summed E-state index contributed by atoms with van der Waals surface area (Å²) in [5.41, 5.74) is 1.70. The van der Waals surface area contributed by atoms with E-state index in [9.17, 15) is 13.9 Å². The van der Waals surface area contributed by atoms with Crippen molar-refractivity contribution < 1.29 is 28.1 Å². The van der Waals surface area contributed by atoms with E-state index < -0.39 is 25.9 Å². The summed E-state index contributed by atoms with van der Waals surface area (Å²) in [7, 11) is 3.70. The lowest BCUT2D eigenvalue weighted by atomic mass is 9.79. The molecule has 0 unspecified atom stereocenters. The molecule has 0 spiro atoms. The van der Waals surface area contributed by atoms with Crippen LogP contribution < -0.4 is 10.1 Å². The number of nitrogens with zero attached hydrogens (tertiary/aromatic N) is 1. The number of rotatable bonds is 16. The molecular weight excluding hydrogens is 478 g/mol. The van der Waals surface area contributed by atoms with E-state index in [1.807, 2.05) is 26.0 Å². The molecule has 1 saturated heterocycles. The minimum Gasteiger partial charge on any atom is -0.463 e. The molecule has 0 saturated carbocycles. The van der Waals surface area contributed by atoms with Gasteiger partial charge in [-0.25, -0.2) is 4.39 Å². The van der Waals surface area contributed by atoms with Crippen LogP contribution in [0.15, 0.2) is 36.0 Å². The molecule has 37 heavy (non-hydrogen) atoms. The smallest absolute Gasteiger partial charge is 0.228 e. The molecule has 1 aliphatic heterocycles. The fourth-order valence-electron chi connectivity index (χ4n) is 5.48. The molecule has 1 aromatic rings. The van der Waals surface area contributed by atoms with Gasteiger partial charge in [0.25, 0.3) is 0 Å². The fraction of sp³-hybridized carbons (Fsp3) is 0.724. The molecule has 212 valence electrons. The van der Waals surface area contributed by atoms with Crippen molar-refractivity contribution in [3.63, 3.8) is 0 Å². The highest BCUT2D eigenvalue weighted by Gasteiger charge is 2.35. The van der Waals surface area contributed by atoms with Crippen LogP contribution in [-0.4, -0.2) is 68.2 Å². The van der Waals surface area contributed by atoms with Gasteiger partial charge < -0.3 is 29.5 Å². The average Bonchev–Trinajstić information content (AvgIpc) is 2.90. The lowest BCUT2D eigenvalue weighted by Crippen LogP contribution is -2.47. The Bertz CT molecular complexity index is 794. The quantitative estimate of drug-likeness (QED) is 0.279. The monoisotopic (exact) mass is 526 g/mol. The molecule has 2 rings (SSSR count). The van der Waals surface area contributed by atoms with Gasteiger partial charge in [-0.2, -0.15) is 0 Å². The van der Waals surface area contributed by atoms with Crippen LogP contribution in [0.3, 0.4) is 0 Å². The number of ether oxygens (including phenoxy) is 3. The molecule has 0 bridgehead atoms. The van der Waals surface area contributed by atoms with E-state index in [2.05, 4.69) is 37.2 Å². The van der Waals surface area contributed by atoms with Crippen molar-refractivity contribution in [3.8, 4) is 5.75 Å². The van der Waals surface area contributed by atoms with Crippen molar-refractivity contribution >= 4 is 0 Å². The Labute approximate surface area is 222 Å². The number of aliphatic hydroxyl groups is 1. The molecule has 0 radical (unpaired) electrons. The van der Waals surface area contributed by atoms with Gasteiger partial charge in [0.15, 0.2) is 6.29 Å². The Balaban J connectivity index is 2.08. The van der Waals surface area contributed by atoms with Crippen LogP contribution in [0, 0.1) is 5.92 Å². The van der Waals surface area contributed by atoms with Gasteiger partial charge in [-0.1, -0.05) is 32.1 Å². The number of allylic oxidation sites excluding steroid dienone is 1. The summed E-state index contributed by atoms with van der Waals surface area (Å²) in [5.74, 6) is 0.0831. The van der Waals surface area contributed by atoms with Gasteiger partial charge in [0.05, 0.1) is 18.9 Å². The maximum Gasteiger partial charge on any atom is 0.228 e. The van der Waals surface area contributed by atoms with Crippen molar-refractivity contribution in [3.05, 3.63) is 41.6 Å². The second kappa shape index (κ2) is 15.6. The second-order valence-corrected chi connectivity index (χ2v) is 10.3. The molecule has 0 aliphatic carbocycles. The Morgan fingerprint density at radius 1 is 1.24 bits per heavy atom. The van der Waals surface area contributed by atoms with Gasteiger partial charge in [-0.05, 0) is 70.7 Å². The van der Waals surface area contributed by atoms with E-state index >= 15 is 0 Å². The number of benzene rings is 1. The molecule has 1 aromatic carbocycles. The zero-order chi connectivity index (χ0) is 27.4. The molecule has 6 nitrogen and oxygen atoms in total. The van der Waals surface area contributed by atoms with Crippen molar-refractivity contribution in [2.75, 3.05) is 34.2 Å². The van der Waals surface area contributed by atoms with Crippen LogP contribution in [0.1, 0.15) is 77.9 Å². The molecular formula is C29H48F2N2O4. The number of hydrogen-bond acceptors (Lipinski definition) is 6. The largest absolute Gasteiger partial charge is 0.463 e. The van der Waals surface area contributed by atoms with E-state index in [-0.39, 0.29) is 23.6 Å². The van der Waals surface area contributed by atoms with E-state index in [0.717, 1.165) is 43.5 Å². The highest BCUT2D eigenvalue weighted by atomic mass is 19.1. The van der Waals surface area contributed by atoms with Crippen LogP contribution in [0.2, 0.25) is 0 Å². The van der Waals surface area contributed by atoms with E-state index in [4.69, 9.17) is 14.2 Å². The summed E-state index contributed by atoms with van der Waals surface area (Å²) in [4.78, 5) is 2.30. The summed E-state index contributed by atoms with van der Waals surface area (Å²) < 4.78 is 43.1. The van der Waals surface area contributed by atoms with E-state index in [0.29, 0.717) is 18.6 Å². The van der Waals surface area contributed by atoms with E-state index in [1.54, 1.807) is 19.2 Å². The minimum atomic E-state index is -0.888. The number of alkyl halides is 2. The summed E-state index contributed by atoms with van der Waals surface area (Å²) in [5, 5.41) is 13.8. The number of aliphatic hydroxyl groups excluding tert-OH is 1. The summed E-state index contributed by atoms with van der Waals surface area (Å²) in [6.07, 6.45) is 5.66. The zero-order valence-corrected chi connectivity index (χ0v) is 23.5. The molecule has 0 amide bonds. The maximum absolute atomic E-state index is 14.5. The topological polar surface area (TPSA) is 63.2 Å². The average molecular weight is 527 g/mol. The van der Waals surface area contributed by atoms with Crippen LogP contribution in [0.5, 0.6) is 5.75 Å². The lowest BCUT2D eigenvalue weighted by Gasteiger charge is -2.40. The molecule has 5 atom stereocenters. The van der Waals surface area contributed by atoms with Gasteiger partial charge >= 0.3 is 0 Å². The molecule has 1 aliphatic rings. The number of halogens is 2. The normalized spacial score (nSPS) is 22.6. The second-order valence-electron chi connectivity index (χ2n) is 10.3. The predicted molar refractivity (Wildman–Crippen MR) is 144 cm³/mol. The third kappa shape index (κ3) is 9.20. The number of nitrogens with one attached hydrogen (secondary N) is 1. The Hall–Kier alpha value is -1.74. The Kier molecular flexibility index (Phi) is 13.3. The van der Waals surface area contributed by atoms with Crippen molar-refractivity contribution in [2.24, 2.45) is 5.92 Å². The Morgan fingerprint density at radius 3 is 2.43 bits per heavy atom.